The second-order valence-electron chi connectivity index (χ2n) is 6.20. The Hall–Kier alpha value is -0.910. The molecule has 0 saturated carbocycles. The third kappa shape index (κ3) is 3.65. The van der Waals surface area contributed by atoms with Gasteiger partial charge in [-0.25, -0.2) is 12.7 Å². The molecular weight excluding hydrogens is 284 g/mol. The quantitative estimate of drug-likeness (QED) is 0.925. The zero-order chi connectivity index (χ0) is 14.7. The van der Waals surface area contributed by atoms with Crippen molar-refractivity contribution in [2.75, 3.05) is 19.6 Å². The molecule has 5 heteroatoms. The van der Waals surface area contributed by atoms with E-state index in [2.05, 4.69) is 5.32 Å². The molecule has 0 radical (unpaired) electrons. The van der Waals surface area contributed by atoms with E-state index in [1.54, 1.807) is 4.31 Å². The van der Waals surface area contributed by atoms with Crippen molar-refractivity contribution in [3.05, 3.63) is 35.9 Å². The van der Waals surface area contributed by atoms with Crippen LogP contribution in [-0.2, 0) is 15.8 Å². The van der Waals surface area contributed by atoms with Crippen LogP contribution in [0.2, 0.25) is 0 Å². The van der Waals surface area contributed by atoms with Crippen molar-refractivity contribution < 1.29 is 8.42 Å². The molecule has 116 valence electrons. The Balaban J connectivity index is 1.67. The first kappa shape index (κ1) is 15.0. The summed E-state index contributed by atoms with van der Waals surface area (Å²) in [5.74, 6) is 0.602. The maximum Gasteiger partial charge on any atom is 0.218 e. The molecule has 3 rings (SSSR count). The fraction of sp³-hybridized carbons (Fsp3) is 0.625. The lowest BCUT2D eigenvalue weighted by Gasteiger charge is -2.35. The van der Waals surface area contributed by atoms with Crippen molar-refractivity contribution in [3.8, 4) is 0 Å². The van der Waals surface area contributed by atoms with Crippen LogP contribution in [-0.4, -0.2) is 38.4 Å². The van der Waals surface area contributed by atoms with Crippen LogP contribution in [0.25, 0.3) is 0 Å². The molecule has 2 aliphatic rings. The summed E-state index contributed by atoms with van der Waals surface area (Å²) >= 11 is 0. The first-order chi connectivity index (χ1) is 10.1. The van der Waals surface area contributed by atoms with Crippen molar-refractivity contribution in [2.24, 2.45) is 5.92 Å². The Bertz CT molecular complexity index is 553. The van der Waals surface area contributed by atoms with E-state index in [4.69, 9.17) is 0 Å². The zero-order valence-electron chi connectivity index (χ0n) is 12.4. The van der Waals surface area contributed by atoms with Crippen LogP contribution >= 0.6 is 0 Å². The standard InChI is InChI=1S/C16H24N2O2S/c19-21(20,13-14-6-2-1-3-7-14)18-11-5-8-15(12-18)16-9-4-10-17-16/h1-3,6-7,15-17H,4-5,8-13H2. The summed E-state index contributed by atoms with van der Waals surface area (Å²) in [5.41, 5.74) is 0.874. The third-order valence-electron chi connectivity index (χ3n) is 4.67. The molecule has 1 aromatic carbocycles. The Morgan fingerprint density at radius 2 is 1.95 bits per heavy atom. The minimum Gasteiger partial charge on any atom is -0.314 e. The highest BCUT2D eigenvalue weighted by Crippen LogP contribution is 2.27. The predicted molar refractivity (Wildman–Crippen MR) is 84.4 cm³/mol. The number of nitrogens with zero attached hydrogens (tertiary/aromatic N) is 1. The van der Waals surface area contributed by atoms with Gasteiger partial charge < -0.3 is 5.32 Å². The average Bonchev–Trinajstić information content (AvgIpc) is 3.02. The predicted octanol–water partition coefficient (Wildman–Crippen LogP) is 1.98. The molecule has 0 aliphatic carbocycles. The summed E-state index contributed by atoms with van der Waals surface area (Å²) < 4.78 is 27.0. The van der Waals surface area contributed by atoms with Crippen LogP contribution in [0.3, 0.4) is 0 Å². The highest BCUT2D eigenvalue weighted by Gasteiger charge is 2.33. The lowest BCUT2D eigenvalue weighted by atomic mass is 9.91. The number of benzene rings is 1. The fourth-order valence-corrected chi connectivity index (χ4v) is 5.17. The fourth-order valence-electron chi connectivity index (χ4n) is 3.55. The van der Waals surface area contributed by atoms with Gasteiger partial charge in [-0.15, -0.1) is 0 Å². The van der Waals surface area contributed by atoms with Gasteiger partial charge in [-0.05, 0) is 43.7 Å². The zero-order valence-corrected chi connectivity index (χ0v) is 13.2. The first-order valence-electron chi connectivity index (χ1n) is 7.90. The monoisotopic (exact) mass is 308 g/mol. The van der Waals surface area contributed by atoms with Crippen molar-refractivity contribution >= 4 is 10.0 Å². The van der Waals surface area contributed by atoms with E-state index in [0.717, 1.165) is 24.9 Å². The molecule has 2 heterocycles. The van der Waals surface area contributed by atoms with E-state index in [0.29, 0.717) is 25.0 Å². The van der Waals surface area contributed by atoms with Crippen molar-refractivity contribution in [1.29, 1.82) is 0 Å². The van der Waals surface area contributed by atoms with Crippen LogP contribution in [0, 0.1) is 5.92 Å². The van der Waals surface area contributed by atoms with Crippen LogP contribution in [0.5, 0.6) is 0 Å². The van der Waals surface area contributed by atoms with Gasteiger partial charge in [-0.1, -0.05) is 30.3 Å². The lowest BCUT2D eigenvalue weighted by Crippen LogP contribution is -2.46. The molecule has 0 amide bonds. The summed E-state index contributed by atoms with van der Waals surface area (Å²) in [6.07, 6.45) is 4.54. The van der Waals surface area contributed by atoms with Crippen molar-refractivity contribution in [2.45, 2.75) is 37.5 Å². The Kier molecular flexibility index (Phi) is 4.62. The number of nitrogens with one attached hydrogen (secondary N) is 1. The lowest BCUT2D eigenvalue weighted by molar-refractivity contribution is 0.226. The van der Waals surface area contributed by atoms with Crippen LogP contribution < -0.4 is 5.32 Å². The second-order valence-corrected chi connectivity index (χ2v) is 8.17. The molecule has 2 saturated heterocycles. The van der Waals surface area contributed by atoms with Crippen molar-refractivity contribution in [1.82, 2.24) is 9.62 Å². The molecule has 2 atom stereocenters. The van der Waals surface area contributed by atoms with Gasteiger partial charge in [-0.2, -0.15) is 0 Å². The van der Waals surface area contributed by atoms with Gasteiger partial charge in [-0.3, -0.25) is 0 Å². The molecule has 0 bridgehead atoms. The Morgan fingerprint density at radius 1 is 1.14 bits per heavy atom. The maximum atomic E-state index is 12.6. The Morgan fingerprint density at radius 3 is 2.67 bits per heavy atom. The smallest absolute Gasteiger partial charge is 0.218 e. The number of hydrogen-bond acceptors (Lipinski definition) is 3. The number of sulfonamides is 1. The molecule has 2 unspecified atom stereocenters. The first-order valence-corrected chi connectivity index (χ1v) is 9.51. The second kappa shape index (κ2) is 6.46. The van der Waals surface area contributed by atoms with Crippen LogP contribution in [0.15, 0.2) is 30.3 Å². The highest BCUT2D eigenvalue weighted by molar-refractivity contribution is 7.88. The molecule has 2 fully saturated rings. The van der Waals surface area contributed by atoms with Gasteiger partial charge in [0.1, 0.15) is 0 Å². The number of hydrogen-bond donors (Lipinski definition) is 1. The molecule has 21 heavy (non-hydrogen) atoms. The summed E-state index contributed by atoms with van der Waals surface area (Å²) in [4.78, 5) is 0. The van der Waals surface area contributed by atoms with Gasteiger partial charge in [0.25, 0.3) is 0 Å². The highest BCUT2D eigenvalue weighted by atomic mass is 32.2. The summed E-state index contributed by atoms with van der Waals surface area (Å²) in [6, 6.07) is 9.99. The summed E-state index contributed by atoms with van der Waals surface area (Å²) in [6.45, 7) is 2.45. The Labute approximate surface area is 127 Å². The van der Waals surface area contributed by atoms with E-state index in [1.165, 1.54) is 12.8 Å². The minimum atomic E-state index is -3.19. The summed E-state index contributed by atoms with van der Waals surface area (Å²) in [5, 5.41) is 3.53. The molecule has 1 aromatic rings. The minimum absolute atomic E-state index is 0.124. The normalized spacial score (nSPS) is 27.8. The topological polar surface area (TPSA) is 49.4 Å². The molecule has 0 spiro atoms. The maximum absolute atomic E-state index is 12.6. The van der Waals surface area contributed by atoms with Gasteiger partial charge in [0, 0.05) is 19.1 Å². The van der Waals surface area contributed by atoms with Gasteiger partial charge in [0.05, 0.1) is 5.75 Å². The van der Waals surface area contributed by atoms with Gasteiger partial charge >= 0.3 is 0 Å². The average molecular weight is 308 g/mol. The van der Waals surface area contributed by atoms with Crippen LogP contribution in [0.4, 0.5) is 0 Å². The van der Waals surface area contributed by atoms with Crippen molar-refractivity contribution in [3.63, 3.8) is 0 Å². The van der Waals surface area contributed by atoms with E-state index in [9.17, 15) is 8.42 Å². The van der Waals surface area contributed by atoms with Crippen LogP contribution in [0.1, 0.15) is 31.2 Å². The van der Waals surface area contributed by atoms with E-state index >= 15 is 0 Å². The molecule has 4 nitrogen and oxygen atoms in total. The number of rotatable bonds is 4. The molecule has 1 N–H and O–H groups in total. The molecule has 0 aromatic heterocycles. The molecule has 2 aliphatic heterocycles. The van der Waals surface area contributed by atoms with E-state index < -0.39 is 10.0 Å². The van der Waals surface area contributed by atoms with E-state index in [1.807, 2.05) is 30.3 Å². The molecular formula is C16H24N2O2S. The third-order valence-corrected chi connectivity index (χ3v) is 6.49. The SMILES string of the molecule is O=S(=O)(Cc1ccccc1)N1CCCC(C2CCCN2)C1. The largest absolute Gasteiger partial charge is 0.314 e. The summed E-state index contributed by atoms with van der Waals surface area (Å²) in [7, 11) is -3.19. The van der Waals surface area contributed by atoms with Gasteiger partial charge in [0.2, 0.25) is 10.0 Å². The number of piperidine rings is 1. The van der Waals surface area contributed by atoms with E-state index in [-0.39, 0.29) is 5.75 Å². The van der Waals surface area contributed by atoms with Gasteiger partial charge in [0.15, 0.2) is 0 Å².